The minimum Gasteiger partial charge on any atom is -0.378 e. The fourth-order valence-corrected chi connectivity index (χ4v) is 4.08. The maximum Gasteiger partial charge on any atom is 0.320 e. The van der Waals surface area contributed by atoms with Crippen molar-refractivity contribution in [3.05, 3.63) is 35.9 Å². The molecule has 0 saturated carbocycles. The molecule has 0 aromatic heterocycles. The molecular formula is C16H22N2O2S. The molecule has 4 nitrogen and oxygen atoms in total. The summed E-state index contributed by atoms with van der Waals surface area (Å²) in [6, 6.07) is 10.8. The van der Waals surface area contributed by atoms with E-state index in [2.05, 4.69) is 30.3 Å². The summed E-state index contributed by atoms with van der Waals surface area (Å²) in [5.41, 5.74) is 1.38. The SMILES string of the molecule is O=C(N1CCOCC1)N1CCSC(c2ccccc2)CC1. The number of carbonyl (C=O) groups excluding carboxylic acids is 1. The lowest BCUT2D eigenvalue weighted by molar-refractivity contribution is 0.0438. The number of thioether (sulfide) groups is 1. The van der Waals surface area contributed by atoms with Crippen LogP contribution in [0.25, 0.3) is 0 Å². The average molecular weight is 306 g/mol. The second kappa shape index (κ2) is 7.18. The monoisotopic (exact) mass is 306 g/mol. The van der Waals surface area contributed by atoms with Crippen LogP contribution in [0.2, 0.25) is 0 Å². The maximum absolute atomic E-state index is 12.5. The molecule has 0 aliphatic carbocycles. The predicted octanol–water partition coefficient (Wildman–Crippen LogP) is 2.62. The molecule has 2 heterocycles. The molecule has 0 N–H and O–H groups in total. The van der Waals surface area contributed by atoms with Crippen LogP contribution in [0.1, 0.15) is 17.2 Å². The standard InChI is InChI=1S/C16H22N2O2S/c19-16(18-8-11-20-12-9-18)17-7-6-15(21-13-10-17)14-4-2-1-3-5-14/h1-5,15H,6-13H2. The van der Waals surface area contributed by atoms with Crippen LogP contribution in [0.15, 0.2) is 30.3 Å². The largest absolute Gasteiger partial charge is 0.378 e. The first kappa shape index (κ1) is 14.7. The van der Waals surface area contributed by atoms with Gasteiger partial charge < -0.3 is 14.5 Å². The quantitative estimate of drug-likeness (QED) is 0.799. The molecule has 1 aromatic rings. The van der Waals surface area contributed by atoms with Crippen molar-refractivity contribution in [3.63, 3.8) is 0 Å². The van der Waals surface area contributed by atoms with Gasteiger partial charge in [-0.05, 0) is 12.0 Å². The van der Waals surface area contributed by atoms with Crippen LogP contribution in [-0.4, -0.2) is 61.0 Å². The highest BCUT2D eigenvalue weighted by atomic mass is 32.2. The van der Waals surface area contributed by atoms with Crippen LogP contribution in [-0.2, 0) is 4.74 Å². The number of carbonyl (C=O) groups is 1. The summed E-state index contributed by atoms with van der Waals surface area (Å²) in [7, 11) is 0. The van der Waals surface area contributed by atoms with Gasteiger partial charge in [-0.1, -0.05) is 30.3 Å². The van der Waals surface area contributed by atoms with Gasteiger partial charge in [0.25, 0.3) is 0 Å². The predicted molar refractivity (Wildman–Crippen MR) is 85.6 cm³/mol. The lowest BCUT2D eigenvalue weighted by atomic mass is 10.1. The van der Waals surface area contributed by atoms with Crippen molar-refractivity contribution in [3.8, 4) is 0 Å². The van der Waals surface area contributed by atoms with Crippen LogP contribution >= 0.6 is 11.8 Å². The van der Waals surface area contributed by atoms with E-state index in [9.17, 15) is 4.79 Å². The molecule has 2 amide bonds. The fourth-order valence-electron chi connectivity index (χ4n) is 2.85. The molecule has 2 aliphatic heterocycles. The van der Waals surface area contributed by atoms with Gasteiger partial charge in [-0.2, -0.15) is 11.8 Å². The summed E-state index contributed by atoms with van der Waals surface area (Å²) in [5.74, 6) is 1.01. The Morgan fingerprint density at radius 1 is 1.05 bits per heavy atom. The Balaban J connectivity index is 1.59. The van der Waals surface area contributed by atoms with Crippen molar-refractivity contribution < 1.29 is 9.53 Å². The Kier molecular flexibility index (Phi) is 5.04. The van der Waals surface area contributed by atoms with E-state index in [-0.39, 0.29) is 6.03 Å². The fraction of sp³-hybridized carbons (Fsp3) is 0.562. The normalized spacial score (nSPS) is 23.7. The van der Waals surface area contributed by atoms with Gasteiger partial charge in [0.15, 0.2) is 0 Å². The summed E-state index contributed by atoms with van der Waals surface area (Å²) >= 11 is 1.97. The number of amides is 2. The molecule has 0 spiro atoms. The van der Waals surface area contributed by atoms with Gasteiger partial charge in [-0.3, -0.25) is 0 Å². The van der Waals surface area contributed by atoms with E-state index in [4.69, 9.17) is 4.74 Å². The number of benzene rings is 1. The molecule has 1 aromatic carbocycles. The van der Waals surface area contributed by atoms with Crippen LogP contribution in [0.3, 0.4) is 0 Å². The minimum absolute atomic E-state index is 0.188. The summed E-state index contributed by atoms with van der Waals surface area (Å²) < 4.78 is 5.32. The van der Waals surface area contributed by atoms with E-state index in [0.717, 1.165) is 38.4 Å². The van der Waals surface area contributed by atoms with Gasteiger partial charge in [-0.15, -0.1) is 0 Å². The highest BCUT2D eigenvalue weighted by Crippen LogP contribution is 2.34. The highest BCUT2D eigenvalue weighted by Gasteiger charge is 2.26. The van der Waals surface area contributed by atoms with Crippen LogP contribution in [0.5, 0.6) is 0 Å². The van der Waals surface area contributed by atoms with Crippen molar-refractivity contribution in [2.24, 2.45) is 0 Å². The van der Waals surface area contributed by atoms with Crippen molar-refractivity contribution in [1.82, 2.24) is 9.80 Å². The van der Waals surface area contributed by atoms with Crippen LogP contribution < -0.4 is 0 Å². The smallest absolute Gasteiger partial charge is 0.320 e. The molecule has 3 rings (SSSR count). The van der Waals surface area contributed by atoms with E-state index >= 15 is 0 Å². The van der Waals surface area contributed by atoms with Gasteiger partial charge in [0.05, 0.1) is 13.2 Å². The van der Waals surface area contributed by atoms with Gasteiger partial charge in [-0.25, -0.2) is 4.79 Å². The van der Waals surface area contributed by atoms with E-state index in [1.165, 1.54) is 5.56 Å². The number of hydrogen-bond acceptors (Lipinski definition) is 3. The van der Waals surface area contributed by atoms with Crippen molar-refractivity contribution >= 4 is 17.8 Å². The molecule has 1 unspecified atom stereocenters. The van der Waals surface area contributed by atoms with Crippen molar-refractivity contribution in [1.29, 1.82) is 0 Å². The number of rotatable bonds is 1. The zero-order valence-corrected chi connectivity index (χ0v) is 13.1. The Labute approximate surface area is 130 Å². The first-order chi connectivity index (χ1) is 10.3. The summed E-state index contributed by atoms with van der Waals surface area (Å²) in [6.07, 6.45) is 1.03. The molecule has 2 aliphatic rings. The topological polar surface area (TPSA) is 32.8 Å². The number of morpholine rings is 1. The maximum atomic E-state index is 12.5. The lowest BCUT2D eigenvalue weighted by Crippen LogP contribution is -2.48. The second-order valence-electron chi connectivity index (χ2n) is 5.43. The summed E-state index contributed by atoms with van der Waals surface area (Å²) in [5, 5.41) is 0.508. The molecule has 2 saturated heterocycles. The third-order valence-electron chi connectivity index (χ3n) is 4.06. The first-order valence-electron chi connectivity index (χ1n) is 7.63. The Morgan fingerprint density at radius 3 is 2.52 bits per heavy atom. The van der Waals surface area contributed by atoms with Crippen LogP contribution in [0.4, 0.5) is 4.79 Å². The lowest BCUT2D eigenvalue weighted by Gasteiger charge is -2.32. The second-order valence-corrected chi connectivity index (χ2v) is 6.74. The zero-order chi connectivity index (χ0) is 14.5. The average Bonchev–Trinajstić information content (AvgIpc) is 2.82. The Hall–Kier alpha value is -1.20. The highest BCUT2D eigenvalue weighted by molar-refractivity contribution is 7.99. The molecule has 2 fully saturated rings. The van der Waals surface area contributed by atoms with Gasteiger partial charge in [0.1, 0.15) is 0 Å². The molecule has 114 valence electrons. The van der Waals surface area contributed by atoms with E-state index in [0.29, 0.717) is 18.5 Å². The zero-order valence-electron chi connectivity index (χ0n) is 12.2. The van der Waals surface area contributed by atoms with E-state index < -0.39 is 0 Å². The van der Waals surface area contributed by atoms with E-state index in [1.807, 2.05) is 21.6 Å². The van der Waals surface area contributed by atoms with Gasteiger partial charge in [0, 0.05) is 37.2 Å². The summed E-state index contributed by atoms with van der Waals surface area (Å²) in [4.78, 5) is 16.5. The number of hydrogen-bond donors (Lipinski definition) is 0. The molecule has 0 bridgehead atoms. The van der Waals surface area contributed by atoms with Crippen LogP contribution in [0, 0.1) is 0 Å². The molecule has 21 heavy (non-hydrogen) atoms. The Morgan fingerprint density at radius 2 is 1.76 bits per heavy atom. The van der Waals surface area contributed by atoms with Gasteiger partial charge in [0.2, 0.25) is 0 Å². The summed E-state index contributed by atoms with van der Waals surface area (Å²) in [6.45, 7) is 4.49. The Bertz CT molecular complexity index is 463. The molecule has 0 radical (unpaired) electrons. The van der Waals surface area contributed by atoms with Gasteiger partial charge >= 0.3 is 6.03 Å². The molecular weight excluding hydrogens is 284 g/mol. The third-order valence-corrected chi connectivity index (χ3v) is 5.39. The van der Waals surface area contributed by atoms with E-state index in [1.54, 1.807) is 0 Å². The first-order valence-corrected chi connectivity index (χ1v) is 8.67. The van der Waals surface area contributed by atoms with Crippen molar-refractivity contribution in [2.45, 2.75) is 11.7 Å². The molecule has 1 atom stereocenters. The number of nitrogens with zero attached hydrogens (tertiary/aromatic N) is 2. The molecule has 5 heteroatoms. The number of ether oxygens (including phenoxy) is 1. The third kappa shape index (κ3) is 3.71. The minimum atomic E-state index is 0.188. The van der Waals surface area contributed by atoms with Crippen molar-refractivity contribution in [2.75, 3.05) is 45.1 Å². The number of urea groups is 1.